The quantitative estimate of drug-likeness (QED) is 0.487. The van der Waals surface area contributed by atoms with Gasteiger partial charge in [-0.25, -0.2) is 22.2 Å². The second-order valence-corrected chi connectivity index (χ2v) is 10.5. The summed E-state index contributed by atoms with van der Waals surface area (Å²) < 4.78 is 63.3. The van der Waals surface area contributed by atoms with E-state index in [1.165, 1.54) is 55.9 Å². The van der Waals surface area contributed by atoms with E-state index in [0.29, 0.717) is 18.2 Å². The Balaban J connectivity index is 1.53. The Bertz CT molecular complexity index is 1310. The second kappa shape index (κ2) is 10.9. The van der Waals surface area contributed by atoms with Crippen LogP contribution in [0.15, 0.2) is 53.7 Å². The summed E-state index contributed by atoms with van der Waals surface area (Å²) in [4.78, 5) is 12.3. The van der Waals surface area contributed by atoms with E-state index in [0.717, 1.165) is 26.2 Å². The number of methoxy groups -OCH3 is 1. The molecule has 8 nitrogen and oxygen atoms in total. The van der Waals surface area contributed by atoms with Gasteiger partial charge in [-0.05, 0) is 55.8 Å². The first-order chi connectivity index (χ1) is 17.2. The molecule has 0 aliphatic carbocycles. The van der Waals surface area contributed by atoms with E-state index < -0.39 is 21.7 Å². The summed E-state index contributed by atoms with van der Waals surface area (Å²) in [5.41, 5.74) is 0.285. The van der Waals surface area contributed by atoms with Crippen molar-refractivity contribution >= 4 is 15.7 Å². The van der Waals surface area contributed by atoms with Crippen LogP contribution in [0.25, 0.3) is 11.3 Å². The van der Waals surface area contributed by atoms with Gasteiger partial charge < -0.3 is 4.74 Å². The number of nitrogens with one attached hydrogen (secondary N) is 1. The number of rotatable bonds is 8. The van der Waals surface area contributed by atoms with Gasteiger partial charge in [0.05, 0.1) is 24.1 Å². The molecule has 1 fully saturated rings. The predicted molar refractivity (Wildman–Crippen MR) is 133 cm³/mol. The van der Waals surface area contributed by atoms with E-state index in [1.54, 1.807) is 0 Å². The molecule has 0 saturated carbocycles. The molecular formula is C25H29F2N5O3S. The lowest BCUT2D eigenvalue weighted by atomic mass is 10.1. The maximum atomic E-state index is 15.1. The predicted octanol–water partition coefficient (Wildman–Crippen LogP) is 3.76. The highest BCUT2D eigenvalue weighted by molar-refractivity contribution is 7.92. The van der Waals surface area contributed by atoms with Crippen molar-refractivity contribution in [3.05, 3.63) is 66.0 Å². The van der Waals surface area contributed by atoms with Gasteiger partial charge in [-0.1, -0.05) is 0 Å². The van der Waals surface area contributed by atoms with Gasteiger partial charge in [0, 0.05) is 51.2 Å². The van der Waals surface area contributed by atoms with Crippen LogP contribution in [0.4, 0.5) is 14.5 Å². The SMILES string of the molecule is COc1ncccc1S(=O)(=O)Nc1ccnc(-c2c(F)cc(CN3CCN(C(C)C)CC3)cc2F)c1. The van der Waals surface area contributed by atoms with Crippen molar-refractivity contribution in [1.82, 2.24) is 19.8 Å². The smallest absolute Gasteiger partial charge is 0.267 e. The molecular weight excluding hydrogens is 488 g/mol. The number of pyridine rings is 2. The maximum Gasteiger partial charge on any atom is 0.267 e. The van der Waals surface area contributed by atoms with Crippen LogP contribution in [-0.2, 0) is 16.6 Å². The molecule has 0 bridgehead atoms. The largest absolute Gasteiger partial charge is 0.480 e. The molecule has 0 amide bonds. The minimum atomic E-state index is -4.07. The lowest BCUT2D eigenvalue weighted by molar-refractivity contribution is 0.104. The van der Waals surface area contributed by atoms with Crippen LogP contribution in [0.2, 0.25) is 0 Å². The molecule has 3 heterocycles. The minimum Gasteiger partial charge on any atom is -0.480 e. The summed E-state index contributed by atoms with van der Waals surface area (Å²) in [5.74, 6) is -1.59. The van der Waals surface area contributed by atoms with Crippen molar-refractivity contribution < 1.29 is 21.9 Å². The monoisotopic (exact) mass is 517 g/mol. The Labute approximate surface area is 210 Å². The van der Waals surface area contributed by atoms with Crippen LogP contribution < -0.4 is 9.46 Å². The highest BCUT2D eigenvalue weighted by Gasteiger charge is 2.23. The van der Waals surface area contributed by atoms with Crippen LogP contribution in [0.5, 0.6) is 5.88 Å². The zero-order chi connectivity index (χ0) is 25.9. The molecule has 4 rings (SSSR count). The molecule has 0 unspecified atom stereocenters. The lowest BCUT2D eigenvalue weighted by Gasteiger charge is -2.37. The highest BCUT2D eigenvalue weighted by Crippen LogP contribution is 2.29. The van der Waals surface area contributed by atoms with Crippen LogP contribution in [0, 0.1) is 11.6 Å². The Morgan fingerprint density at radius 2 is 1.72 bits per heavy atom. The third kappa shape index (κ3) is 5.80. The number of anilines is 1. The number of piperazine rings is 1. The average Bonchev–Trinajstić information content (AvgIpc) is 2.84. The molecule has 1 saturated heterocycles. The van der Waals surface area contributed by atoms with Crippen molar-refractivity contribution in [3.63, 3.8) is 0 Å². The number of nitrogens with zero attached hydrogens (tertiary/aromatic N) is 4. The first-order valence-electron chi connectivity index (χ1n) is 11.6. The fourth-order valence-corrected chi connectivity index (χ4v) is 5.40. The Hall–Kier alpha value is -3.15. The molecule has 1 N–H and O–H groups in total. The fourth-order valence-electron chi connectivity index (χ4n) is 4.23. The number of sulfonamides is 1. The molecule has 11 heteroatoms. The zero-order valence-corrected chi connectivity index (χ0v) is 21.2. The van der Waals surface area contributed by atoms with E-state index in [2.05, 4.69) is 38.3 Å². The molecule has 192 valence electrons. The maximum absolute atomic E-state index is 15.1. The van der Waals surface area contributed by atoms with E-state index >= 15 is 8.78 Å². The van der Waals surface area contributed by atoms with Crippen molar-refractivity contribution in [2.24, 2.45) is 0 Å². The first-order valence-corrected chi connectivity index (χ1v) is 13.1. The van der Waals surface area contributed by atoms with Crippen LogP contribution >= 0.6 is 0 Å². The van der Waals surface area contributed by atoms with Gasteiger partial charge in [0.25, 0.3) is 10.0 Å². The molecule has 36 heavy (non-hydrogen) atoms. The zero-order valence-electron chi connectivity index (χ0n) is 20.4. The Kier molecular flexibility index (Phi) is 7.82. The molecule has 0 atom stereocenters. The number of aromatic nitrogens is 2. The van der Waals surface area contributed by atoms with E-state index in [-0.39, 0.29) is 27.7 Å². The van der Waals surface area contributed by atoms with Gasteiger partial charge in [0.1, 0.15) is 16.5 Å². The van der Waals surface area contributed by atoms with E-state index in [9.17, 15) is 8.42 Å². The number of hydrogen-bond acceptors (Lipinski definition) is 7. The summed E-state index contributed by atoms with van der Waals surface area (Å²) in [6.45, 7) is 8.24. The van der Waals surface area contributed by atoms with Gasteiger partial charge in [0.15, 0.2) is 0 Å². The molecule has 1 aliphatic rings. The number of halogens is 2. The highest BCUT2D eigenvalue weighted by atomic mass is 32.2. The second-order valence-electron chi connectivity index (χ2n) is 8.89. The van der Waals surface area contributed by atoms with Crippen molar-refractivity contribution in [2.45, 2.75) is 31.3 Å². The van der Waals surface area contributed by atoms with Gasteiger partial charge in [-0.3, -0.25) is 19.5 Å². The number of hydrogen-bond donors (Lipinski definition) is 1. The van der Waals surface area contributed by atoms with E-state index in [4.69, 9.17) is 4.74 Å². The molecule has 1 aromatic carbocycles. The summed E-state index contributed by atoms with van der Waals surface area (Å²) in [6.07, 6.45) is 2.69. The minimum absolute atomic E-state index is 0.0274. The Morgan fingerprint density at radius 3 is 2.36 bits per heavy atom. The molecule has 1 aliphatic heterocycles. The summed E-state index contributed by atoms with van der Waals surface area (Å²) in [7, 11) is -2.76. The van der Waals surface area contributed by atoms with Gasteiger partial charge >= 0.3 is 0 Å². The lowest BCUT2D eigenvalue weighted by Crippen LogP contribution is -2.48. The summed E-state index contributed by atoms with van der Waals surface area (Å²) in [5, 5.41) is 0. The standard InChI is InChI=1S/C25H29F2N5O3S/c1-17(2)32-11-9-31(10-12-32)16-18-13-20(26)24(21(27)14-18)22-15-19(6-8-28-22)30-36(33,34)23-5-4-7-29-25(23)35-3/h4-8,13-15,17H,9-12,16H2,1-3H3,(H,28,30). The summed E-state index contributed by atoms with van der Waals surface area (Å²) >= 11 is 0. The normalized spacial score (nSPS) is 15.3. The molecule has 0 spiro atoms. The third-order valence-corrected chi connectivity index (χ3v) is 7.53. The number of ether oxygens (including phenoxy) is 1. The van der Waals surface area contributed by atoms with Crippen molar-refractivity contribution in [3.8, 4) is 17.1 Å². The van der Waals surface area contributed by atoms with Gasteiger partial charge in [-0.2, -0.15) is 0 Å². The van der Waals surface area contributed by atoms with Crippen molar-refractivity contribution in [2.75, 3.05) is 38.0 Å². The fraction of sp³-hybridized carbons (Fsp3) is 0.360. The number of benzene rings is 1. The van der Waals surface area contributed by atoms with Crippen LogP contribution in [-0.4, -0.2) is 67.5 Å². The summed E-state index contributed by atoms with van der Waals surface area (Å²) in [6, 6.07) is 8.58. The van der Waals surface area contributed by atoms with Crippen LogP contribution in [0.3, 0.4) is 0 Å². The molecule has 2 aromatic heterocycles. The average molecular weight is 518 g/mol. The Morgan fingerprint density at radius 1 is 1.03 bits per heavy atom. The molecule has 3 aromatic rings. The third-order valence-electron chi connectivity index (χ3n) is 6.13. The molecule has 0 radical (unpaired) electrons. The van der Waals surface area contributed by atoms with E-state index in [1.807, 2.05) is 0 Å². The van der Waals surface area contributed by atoms with Crippen molar-refractivity contribution in [1.29, 1.82) is 0 Å². The van der Waals surface area contributed by atoms with Crippen LogP contribution in [0.1, 0.15) is 19.4 Å². The van der Waals surface area contributed by atoms with Gasteiger partial charge in [-0.15, -0.1) is 0 Å². The topological polar surface area (TPSA) is 87.7 Å². The van der Waals surface area contributed by atoms with Gasteiger partial charge in [0.2, 0.25) is 5.88 Å². The first kappa shape index (κ1) is 25.9.